The maximum atomic E-state index is 12.9. The van der Waals surface area contributed by atoms with E-state index in [9.17, 15) is 9.59 Å². The van der Waals surface area contributed by atoms with Crippen LogP contribution in [0.5, 0.6) is 0 Å². The van der Waals surface area contributed by atoms with Crippen LogP contribution in [0.25, 0.3) is 11.0 Å². The van der Waals surface area contributed by atoms with Crippen LogP contribution in [0.15, 0.2) is 23.0 Å². The van der Waals surface area contributed by atoms with E-state index in [1.165, 1.54) is 12.8 Å². The number of hydrogen-bond donors (Lipinski definition) is 2. The standard InChI is InChI=1S/C21H30N4O3/c22-10-3-13-28-17-8-11-24(12-9-17)20(26)15-6-7-19-18(14-15)23-21(27)25(19)16-4-1-2-5-16/h6-7,14,16-17H,1-5,8-13,22H2,(H,23,27). The third kappa shape index (κ3) is 3.86. The van der Waals surface area contributed by atoms with Gasteiger partial charge in [-0.05, 0) is 56.8 Å². The van der Waals surface area contributed by atoms with Crippen LogP contribution in [0.1, 0.15) is 61.3 Å². The predicted molar refractivity (Wildman–Crippen MR) is 109 cm³/mol. The van der Waals surface area contributed by atoms with E-state index in [0.29, 0.717) is 31.8 Å². The number of amides is 1. The zero-order valence-electron chi connectivity index (χ0n) is 16.4. The highest BCUT2D eigenvalue weighted by Gasteiger charge is 2.25. The summed E-state index contributed by atoms with van der Waals surface area (Å²) in [5, 5.41) is 0. The Morgan fingerprint density at radius 1 is 1.18 bits per heavy atom. The van der Waals surface area contributed by atoms with Crippen LogP contribution >= 0.6 is 0 Å². The van der Waals surface area contributed by atoms with Crippen molar-refractivity contribution >= 4 is 16.9 Å². The van der Waals surface area contributed by atoms with Gasteiger partial charge in [0.2, 0.25) is 0 Å². The Morgan fingerprint density at radius 3 is 2.64 bits per heavy atom. The van der Waals surface area contributed by atoms with Crippen molar-refractivity contribution in [2.75, 3.05) is 26.2 Å². The lowest BCUT2D eigenvalue weighted by Gasteiger charge is -2.32. The van der Waals surface area contributed by atoms with Crippen molar-refractivity contribution < 1.29 is 9.53 Å². The van der Waals surface area contributed by atoms with Gasteiger partial charge in [0.25, 0.3) is 5.91 Å². The minimum atomic E-state index is -0.0676. The first kappa shape index (κ1) is 19.2. The molecule has 3 N–H and O–H groups in total. The molecule has 0 spiro atoms. The number of aromatic nitrogens is 2. The zero-order valence-corrected chi connectivity index (χ0v) is 16.4. The number of piperidine rings is 1. The molecule has 4 rings (SSSR count). The van der Waals surface area contributed by atoms with Gasteiger partial charge in [-0.1, -0.05) is 12.8 Å². The number of imidazole rings is 1. The van der Waals surface area contributed by atoms with Gasteiger partial charge in [0.15, 0.2) is 0 Å². The highest BCUT2D eigenvalue weighted by molar-refractivity contribution is 5.97. The highest BCUT2D eigenvalue weighted by Crippen LogP contribution is 2.31. The van der Waals surface area contributed by atoms with E-state index in [1.54, 1.807) is 0 Å². The maximum Gasteiger partial charge on any atom is 0.326 e. The number of H-pyrrole nitrogens is 1. The second kappa shape index (κ2) is 8.49. The van der Waals surface area contributed by atoms with Crippen molar-refractivity contribution in [1.29, 1.82) is 0 Å². The third-order valence-corrected chi connectivity index (χ3v) is 6.08. The summed E-state index contributed by atoms with van der Waals surface area (Å²) in [6.45, 7) is 2.73. The number of nitrogens with zero attached hydrogens (tertiary/aromatic N) is 2. The molecule has 0 bridgehead atoms. The molecule has 1 aliphatic heterocycles. The van der Waals surface area contributed by atoms with E-state index in [-0.39, 0.29) is 23.7 Å². The molecule has 2 fully saturated rings. The van der Waals surface area contributed by atoms with Crippen LogP contribution in [-0.2, 0) is 4.74 Å². The summed E-state index contributed by atoms with van der Waals surface area (Å²) < 4.78 is 7.69. The number of hydrogen-bond acceptors (Lipinski definition) is 4. The van der Waals surface area contributed by atoms with Crippen molar-refractivity contribution in [1.82, 2.24) is 14.5 Å². The van der Waals surface area contributed by atoms with Crippen molar-refractivity contribution in [3.8, 4) is 0 Å². The predicted octanol–water partition coefficient (Wildman–Crippen LogP) is 2.41. The fourth-order valence-corrected chi connectivity index (χ4v) is 4.53. The maximum absolute atomic E-state index is 12.9. The van der Waals surface area contributed by atoms with E-state index < -0.39 is 0 Å². The molecule has 1 aromatic carbocycles. The summed E-state index contributed by atoms with van der Waals surface area (Å²) in [7, 11) is 0. The van der Waals surface area contributed by atoms with Gasteiger partial charge in [0.05, 0.1) is 17.1 Å². The van der Waals surface area contributed by atoms with Crippen molar-refractivity contribution in [2.45, 2.75) is 57.1 Å². The summed E-state index contributed by atoms with van der Waals surface area (Å²) >= 11 is 0. The zero-order chi connectivity index (χ0) is 19.5. The second-order valence-corrected chi connectivity index (χ2v) is 7.97. The highest BCUT2D eigenvalue weighted by atomic mass is 16.5. The van der Waals surface area contributed by atoms with E-state index in [2.05, 4.69) is 4.98 Å². The molecule has 7 heteroatoms. The first-order chi connectivity index (χ1) is 13.7. The molecule has 152 valence electrons. The van der Waals surface area contributed by atoms with Gasteiger partial charge in [-0.2, -0.15) is 0 Å². The van der Waals surface area contributed by atoms with E-state index >= 15 is 0 Å². The van der Waals surface area contributed by atoms with E-state index in [0.717, 1.165) is 43.1 Å². The Balaban J connectivity index is 1.44. The summed E-state index contributed by atoms with van der Waals surface area (Å²) in [5.74, 6) is 0.0248. The molecule has 28 heavy (non-hydrogen) atoms. The Labute approximate surface area is 164 Å². The quantitative estimate of drug-likeness (QED) is 0.746. The summed E-state index contributed by atoms with van der Waals surface area (Å²) in [6, 6.07) is 5.88. The van der Waals surface area contributed by atoms with E-state index in [4.69, 9.17) is 10.5 Å². The Hall–Kier alpha value is -2.12. The molecule has 2 aliphatic rings. The number of nitrogens with two attached hydrogens (primary N) is 1. The normalized spacial score (nSPS) is 19.0. The van der Waals surface area contributed by atoms with Crippen molar-refractivity contribution in [3.63, 3.8) is 0 Å². The first-order valence-corrected chi connectivity index (χ1v) is 10.5. The summed E-state index contributed by atoms with van der Waals surface area (Å²) in [6.07, 6.45) is 7.25. The fraction of sp³-hybridized carbons (Fsp3) is 0.619. The molecule has 0 radical (unpaired) electrons. The van der Waals surface area contributed by atoms with Crippen LogP contribution in [0.4, 0.5) is 0 Å². The minimum Gasteiger partial charge on any atom is -0.378 e. The van der Waals surface area contributed by atoms with Crippen LogP contribution < -0.4 is 11.4 Å². The van der Waals surface area contributed by atoms with Crippen LogP contribution in [0.3, 0.4) is 0 Å². The topological polar surface area (TPSA) is 93.3 Å². The number of carbonyl (C=O) groups is 1. The number of rotatable bonds is 6. The molecule has 1 saturated heterocycles. The molecule has 1 saturated carbocycles. The number of carbonyl (C=O) groups excluding carboxylic acids is 1. The SMILES string of the molecule is NCCCOC1CCN(C(=O)c2ccc3c(c2)[nH]c(=O)n3C2CCCC2)CC1. The molecule has 2 aromatic rings. The fourth-order valence-electron chi connectivity index (χ4n) is 4.53. The number of nitrogens with one attached hydrogen (secondary N) is 1. The molecule has 1 amide bonds. The largest absolute Gasteiger partial charge is 0.378 e. The molecular formula is C21H30N4O3. The van der Waals surface area contributed by atoms with Crippen LogP contribution in [0, 0.1) is 0 Å². The van der Waals surface area contributed by atoms with Gasteiger partial charge in [-0.25, -0.2) is 4.79 Å². The minimum absolute atomic E-state index is 0.0248. The third-order valence-electron chi connectivity index (χ3n) is 6.08. The molecule has 1 aromatic heterocycles. The lowest BCUT2D eigenvalue weighted by Crippen LogP contribution is -2.41. The summed E-state index contributed by atoms with van der Waals surface area (Å²) in [4.78, 5) is 30.2. The van der Waals surface area contributed by atoms with Crippen molar-refractivity contribution in [2.24, 2.45) is 5.73 Å². The molecule has 7 nitrogen and oxygen atoms in total. The Bertz CT molecular complexity index is 873. The molecule has 2 heterocycles. The Morgan fingerprint density at radius 2 is 1.93 bits per heavy atom. The second-order valence-electron chi connectivity index (χ2n) is 7.97. The molecular weight excluding hydrogens is 356 g/mol. The van der Waals surface area contributed by atoms with E-state index in [1.807, 2.05) is 27.7 Å². The van der Waals surface area contributed by atoms with Gasteiger partial charge < -0.3 is 20.4 Å². The van der Waals surface area contributed by atoms with Crippen LogP contribution in [-0.4, -0.2) is 52.7 Å². The lowest BCUT2D eigenvalue weighted by atomic mass is 10.1. The van der Waals surface area contributed by atoms with Gasteiger partial charge in [0.1, 0.15) is 0 Å². The first-order valence-electron chi connectivity index (χ1n) is 10.5. The molecule has 1 aliphatic carbocycles. The number of benzene rings is 1. The number of aromatic amines is 1. The lowest BCUT2D eigenvalue weighted by molar-refractivity contribution is 0.00845. The van der Waals surface area contributed by atoms with Gasteiger partial charge in [0, 0.05) is 31.3 Å². The smallest absolute Gasteiger partial charge is 0.326 e. The summed E-state index contributed by atoms with van der Waals surface area (Å²) in [5.41, 5.74) is 7.72. The molecule has 0 atom stereocenters. The number of likely N-dealkylation sites (tertiary alicyclic amines) is 1. The monoisotopic (exact) mass is 386 g/mol. The average Bonchev–Trinajstić information content (AvgIpc) is 3.34. The van der Waals surface area contributed by atoms with Crippen LogP contribution in [0.2, 0.25) is 0 Å². The van der Waals surface area contributed by atoms with Gasteiger partial charge in [-0.15, -0.1) is 0 Å². The van der Waals surface area contributed by atoms with Gasteiger partial charge >= 0.3 is 5.69 Å². The van der Waals surface area contributed by atoms with Gasteiger partial charge in [-0.3, -0.25) is 9.36 Å². The number of fused-ring (bicyclic) bond motifs is 1. The average molecular weight is 386 g/mol. The molecule has 0 unspecified atom stereocenters. The number of ether oxygens (including phenoxy) is 1. The van der Waals surface area contributed by atoms with Crippen molar-refractivity contribution in [3.05, 3.63) is 34.2 Å². The Kier molecular flexibility index (Phi) is 5.82.